The molecule has 8 heteroatoms. The number of nitrogens with zero attached hydrogens (tertiary/aromatic N) is 2. The maximum atomic E-state index is 10.4. The number of hydrogen-bond acceptors (Lipinski definition) is 6. The average Bonchev–Trinajstić information content (AvgIpc) is 2.30. The molecule has 0 saturated carbocycles. The second-order valence-electron chi connectivity index (χ2n) is 3.04. The Bertz CT molecular complexity index is 404. The Kier molecular flexibility index (Phi) is 4.35. The van der Waals surface area contributed by atoms with Crippen molar-refractivity contribution in [1.29, 1.82) is 0 Å². The van der Waals surface area contributed by atoms with Gasteiger partial charge in [0.15, 0.2) is 6.61 Å². The van der Waals surface area contributed by atoms with Gasteiger partial charge in [0.1, 0.15) is 5.75 Å². The molecule has 0 fully saturated rings. The highest BCUT2D eigenvalue weighted by atomic mass is 16.7. The van der Waals surface area contributed by atoms with Crippen molar-refractivity contribution >= 4 is 5.69 Å². The van der Waals surface area contributed by atoms with Crippen LogP contribution in [0.4, 0.5) is 5.69 Å². The standard InChI is InChI=1S/C9H10N2O6/c1-16-9(11(14)15)6-17-8-4-2-7(3-5-8)10(12)13/h2-5,9H,6H2,1H3. The van der Waals surface area contributed by atoms with Crippen LogP contribution in [0, 0.1) is 20.2 Å². The lowest BCUT2D eigenvalue weighted by molar-refractivity contribution is -0.575. The first kappa shape index (κ1) is 12.8. The van der Waals surface area contributed by atoms with Crippen LogP contribution in [0.15, 0.2) is 24.3 Å². The molecule has 1 rings (SSSR count). The molecule has 0 saturated heterocycles. The minimum Gasteiger partial charge on any atom is -0.484 e. The highest BCUT2D eigenvalue weighted by Gasteiger charge is 2.19. The number of rotatable bonds is 6. The van der Waals surface area contributed by atoms with Crippen LogP contribution in [0.5, 0.6) is 5.75 Å². The summed E-state index contributed by atoms with van der Waals surface area (Å²) in [5.41, 5.74) is -0.0742. The molecule has 0 amide bonds. The minimum absolute atomic E-state index is 0.0742. The largest absolute Gasteiger partial charge is 0.484 e. The number of nitro groups is 2. The Morgan fingerprint density at radius 1 is 1.24 bits per heavy atom. The summed E-state index contributed by atoms with van der Waals surface area (Å²) in [5, 5.41) is 20.8. The van der Waals surface area contributed by atoms with Gasteiger partial charge in [-0.05, 0) is 12.1 Å². The van der Waals surface area contributed by atoms with Crippen LogP contribution in [0.3, 0.4) is 0 Å². The molecule has 92 valence electrons. The van der Waals surface area contributed by atoms with Crippen molar-refractivity contribution in [2.75, 3.05) is 13.7 Å². The fourth-order valence-electron chi connectivity index (χ4n) is 1.05. The van der Waals surface area contributed by atoms with E-state index in [-0.39, 0.29) is 12.3 Å². The van der Waals surface area contributed by atoms with Gasteiger partial charge in [-0.2, -0.15) is 0 Å². The molecule has 0 aliphatic heterocycles. The monoisotopic (exact) mass is 242 g/mol. The van der Waals surface area contributed by atoms with Crippen molar-refractivity contribution in [3.05, 3.63) is 44.5 Å². The quantitative estimate of drug-likeness (QED) is 0.422. The van der Waals surface area contributed by atoms with E-state index >= 15 is 0 Å². The van der Waals surface area contributed by atoms with Gasteiger partial charge in [0.05, 0.1) is 9.85 Å². The Hall–Kier alpha value is -2.22. The van der Waals surface area contributed by atoms with E-state index < -0.39 is 16.1 Å². The van der Waals surface area contributed by atoms with Crippen LogP contribution in [-0.4, -0.2) is 29.8 Å². The number of ether oxygens (including phenoxy) is 2. The third kappa shape index (κ3) is 3.68. The Labute approximate surface area is 96.1 Å². The highest BCUT2D eigenvalue weighted by molar-refractivity contribution is 5.35. The number of methoxy groups -OCH3 is 1. The number of hydrogen-bond donors (Lipinski definition) is 0. The topological polar surface area (TPSA) is 105 Å². The molecule has 0 N–H and O–H groups in total. The molecule has 1 aromatic carbocycles. The Morgan fingerprint density at radius 2 is 1.82 bits per heavy atom. The molecular formula is C9H10N2O6. The van der Waals surface area contributed by atoms with E-state index in [4.69, 9.17) is 4.74 Å². The Morgan fingerprint density at radius 3 is 2.24 bits per heavy atom. The average molecular weight is 242 g/mol. The van der Waals surface area contributed by atoms with Gasteiger partial charge >= 0.3 is 6.23 Å². The zero-order chi connectivity index (χ0) is 12.8. The summed E-state index contributed by atoms with van der Waals surface area (Å²) in [5.74, 6) is 0.305. The Balaban J connectivity index is 2.58. The van der Waals surface area contributed by atoms with Gasteiger partial charge in [0.25, 0.3) is 5.69 Å². The second kappa shape index (κ2) is 5.75. The summed E-state index contributed by atoms with van der Waals surface area (Å²) in [4.78, 5) is 19.6. The van der Waals surface area contributed by atoms with Crippen molar-refractivity contribution in [3.8, 4) is 5.75 Å². The predicted molar refractivity (Wildman–Crippen MR) is 56.4 cm³/mol. The van der Waals surface area contributed by atoms with Gasteiger partial charge in [-0.3, -0.25) is 20.2 Å². The zero-order valence-corrected chi connectivity index (χ0v) is 8.94. The van der Waals surface area contributed by atoms with E-state index in [0.717, 1.165) is 0 Å². The van der Waals surface area contributed by atoms with E-state index in [1.165, 1.54) is 31.4 Å². The van der Waals surface area contributed by atoms with Crippen LogP contribution in [0.1, 0.15) is 0 Å². The summed E-state index contributed by atoms with van der Waals surface area (Å²) in [6.45, 7) is -0.263. The van der Waals surface area contributed by atoms with Gasteiger partial charge < -0.3 is 9.47 Å². The van der Waals surface area contributed by atoms with Gasteiger partial charge in [-0.15, -0.1) is 0 Å². The SMILES string of the molecule is COC(COc1ccc([N+](=O)[O-])cc1)[N+](=O)[O-]. The smallest absolute Gasteiger partial charge is 0.349 e. The van der Waals surface area contributed by atoms with Crippen molar-refractivity contribution < 1.29 is 19.3 Å². The van der Waals surface area contributed by atoms with Gasteiger partial charge in [0, 0.05) is 19.2 Å². The number of nitro benzene ring substituents is 1. The summed E-state index contributed by atoms with van der Waals surface area (Å²) in [6.07, 6.45) is -1.26. The lowest BCUT2D eigenvalue weighted by Crippen LogP contribution is -2.28. The summed E-state index contributed by atoms with van der Waals surface area (Å²) in [6, 6.07) is 5.24. The van der Waals surface area contributed by atoms with E-state index in [2.05, 4.69) is 4.74 Å². The first-order chi connectivity index (χ1) is 8.04. The molecule has 0 bridgehead atoms. The highest BCUT2D eigenvalue weighted by Crippen LogP contribution is 2.17. The second-order valence-corrected chi connectivity index (χ2v) is 3.04. The molecule has 0 heterocycles. The molecule has 17 heavy (non-hydrogen) atoms. The zero-order valence-electron chi connectivity index (χ0n) is 8.94. The van der Waals surface area contributed by atoms with Gasteiger partial charge in [-0.1, -0.05) is 0 Å². The summed E-state index contributed by atoms with van der Waals surface area (Å²) < 4.78 is 9.63. The molecule has 0 spiro atoms. The van der Waals surface area contributed by atoms with E-state index in [1.807, 2.05) is 0 Å². The minimum atomic E-state index is -1.26. The van der Waals surface area contributed by atoms with E-state index in [1.54, 1.807) is 0 Å². The molecule has 0 aliphatic carbocycles. The molecule has 1 unspecified atom stereocenters. The molecule has 1 aromatic rings. The van der Waals surface area contributed by atoms with Crippen LogP contribution in [0.25, 0.3) is 0 Å². The number of non-ortho nitro benzene ring substituents is 1. The van der Waals surface area contributed by atoms with Crippen LogP contribution >= 0.6 is 0 Å². The molecule has 0 aromatic heterocycles. The number of benzene rings is 1. The molecule has 8 nitrogen and oxygen atoms in total. The first-order valence-corrected chi connectivity index (χ1v) is 4.58. The predicted octanol–water partition coefficient (Wildman–Crippen LogP) is 1.22. The van der Waals surface area contributed by atoms with Crippen LogP contribution in [-0.2, 0) is 4.74 Å². The fourth-order valence-corrected chi connectivity index (χ4v) is 1.05. The molecule has 0 radical (unpaired) electrons. The van der Waals surface area contributed by atoms with Crippen molar-refractivity contribution in [3.63, 3.8) is 0 Å². The maximum Gasteiger partial charge on any atom is 0.349 e. The third-order valence-corrected chi connectivity index (χ3v) is 1.95. The van der Waals surface area contributed by atoms with E-state index in [9.17, 15) is 20.2 Å². The van der Waals surface area contributed by atoms with Crippen molar-refractivity contribution in [1.82, 2.24) is 0 Å². The molecule has 1 atom stereocenters. The first-order valence-electron chi connectivity index (χ1n) is 4.58. The molecular weight excluding hydrogens is 232 g/mol. The maximum absolute atomic E-state index is 10.4. The summed E-state index contributed by atoms with van der Waals surface area (Å²) in [7, 11) is 1.20. The molecule has 0 aliphatic rings. The van der Waals surface area contributed by atoms with E-state index in [0.29, 0.717) is 5.75 Å². The van der Waals surface area contributed by atoms with Crippen molar-refractivity contribution in [2.24, 2.45) is 0 Å². The van der Waals surface area contributed by atoms with Gasteiger partial charge in [0.2, 0.25) is 0 Å². The van der Waals surface area contributed by atoms with Crippen LogP contribution < -0.4 is 4.74 Å². The van der Waals surface area contributed by atoms with Crippen molar-refractivity contribution in [2.45, 2.75) is 6.23 Å². The normalized spacial score (nSPS) is 11.8. The van der Waals surface area contributed by atoms with Crippen LogP contribution in [0.2, 0.25) is 0 Å². The third-order valence-electron chi connectivity index (χ3n) is 1.95. The van der Waals surface area contributed by atoms with Gasteiger partial charge in [-0.25, -0.2) is 0 Å². The lowest BCUT2D eigenvalue weighted by atomic mass is 10.3. The lowest BCUT2D eigenvalue weighted by Gasteiger charge is -2.08. The summed E-state index contributed by atoms with van der Waals surface area (Å²) >= 11 is 0. The fraction of sp³-hybridized carbons (Fsp3) is 0.333.